The highest BCUT2D eigenvalue weighted by Gasteiger charge is 2.15. The average Bonchev–Trinajstić information content (AvgIpc) is 2.97. The summed E-state index contributed by atoms with van der Waals surface area (Å²) in [7, 11) is 0. The fourth-order valence-corrected chi connectivity index (χ4v) is 3.11. The van der Waals surface area contributed by atoms with Crippen molar-refractivity contribution in [1.29, 1.82) is 0 Å². The number of carbonyl (C=O) groups is 2. The summed E-state index contributed by atoms with van der Waals surface area (Å²) < 4.78 is 2.03. The molecular weight excluding hydrogens is 338 g/mol. The smallest absolute Gasteiger partial charge is 0.234 e. The van der Waals surface area contributed by atoms with E-state index in [1.807, 2.05) is 11.5 Å². The van der Waals surface area contributed by atoms with Crippen molar-refractivity contribution in [3.8, 4) is 0 Å². The minimum Gasteiger partial charge on any atom is -0.326 e. The van der Waals surface area contributed by atoms with E-state index in [-0.39, 0.29) is 23.5 Å². The van der Waals surface area contributed by atoms with E-state index in [1.165, 1.54) is 18.7 Å². The van der Waals surface area contributed by atoms with Gasteiger partial charge in [0.1, 0.15) is 5.82 Å². The van der Waals surface area contributed by atoms with Gasteiger partial charge < -0.3 is 15.2 Å². The van der Waals surface area contributed by atoms with Crippen molar-refractivity contribution in [1.82, 2.24) is 14.8 Å². The van der Waals surface area contributed by atoms with Crippen LogP contribution in [-0.4, -0.2) is 32.3 Å². The Morgan fingerprint density at radius 1 is 1.12 bits per heavy atom. The standard InChI is InChI=1S/C17H23N5O2S/c1-5-22-16(11(2)3)20-21-17(22)25-10-15(24)19-14-8-6-13(7-9-14)18-12(4)23/h6-9,11H,5,10H2,1-4H3,(H,18,23)(H,19,24). The van der Waals surface area contributed by atoms with Crippen molar-refractivity contribution < 1.29 is 9.59 Å². The van der Waals surface area contributed by atoms with Crippen LogP contribution in [0.4, 0.5) is 11.4 Å². The molecule has 0 radical (unpaired) electrons. The van der Waals surface area contributed by atoms with E-state index >= 15 is 0 Å². The van der Waals surface area contributed by atoms with Gasteiger partial charge in [0, 0.05) is 30.8 Å². The Hall–Kier alpha value is -2.35. The molecule has 0 aliphatic rings. The van der Waals surface area contributed by atoms with Gasteiger partial charge in [-0.25, -0.2) is 0 Å². The van der Waals surface area contributed by atoms with Crippen LogP contribution in [0.2, 0.25) is 0 Å². The van der Waals surface area contributed by atoms with Gasteiger partial charge in [-0.3, -0.25) is 9.59 Å². The van der Waals surface area contributed by atoms with Crippen molar-refractivity contribution in [3.63, 3.8) is 0 Å². The molecule has 1 aromatic heterocycles. The molecule has 2 amide bonds. The first-order chi connectivity index (χ1) is 11.9. The number of nitrogens with one attached hydrogen (secondary N) is 2. The van der Waals surface area contributed by atoms with Crippen molar-refractivity contribution in [2.24, 2.45) is 0 Å². The fourth-order valence-electron chi connectivity index (χ4n) is 2.30. The molecule has 25 heavy (non-hydrogen) atoms. The number of aromatic nitrogens is 3. The Morgan fingerprint density at radius 2 is 1.72 bits per heavy atom. The zero-order chi connectivity index (χ0) is 18.4. The van der Waals surface area contributed by atoms with Crippen LogP contribution in [0.3, 0.4) is 0 Å². The number of benzene rings is 1. The van der Waals surface area contributed by atoms with E-state index in [9.17, 15) is 9.59 Å². The minimum atomic E-state index is -0.131. The van der Waals surface area contributed by atoms with Crippen LogP contribution in [0.25, 0.3) is 0 Å². The largest absolute Gasteiger partial charge is 0.326 e. The number of rotatable bonds is 7. The van der Waals surface area contributed by atoms with Gasteiger partial charge >= 0.3 is 0 Å². The Morgan fingerprint density at radius 3 is 2.24 bits per heavy atom. The van der Waals surface area contributed by atoms with Crippen LogP contribution in [-0.2, 0) is 16.1 Å². The molecule has 1 aromatic carbocycles. The molecular formula is C17H23N5O2S. The molecule has 0 saturated heterocycles. The number of anilines is 2. The van der Waals surface area contributed by atoms with Gasteiger partial charge in [-0.05, 0) is 31.2 Å². The van der Waals surface area contributed by atoms with Crippen molar-refractivity contribution in [2.75, 3.05) is 16.4 Å². The number of amides is 2. The van der Waals surface area contributed by atoms with E-state index in [0.717, 1.165) is 17.5 Å². The molecule has 0 saturated carbocycles. The maximum Gasteiger partial charge on any atom is 0.234 e. The van der Waals surface area contributed by atoms with Gasteiger partial charge in [-0.1, -0.05) is 25.6 Å². The molecule has 0 unspecified atom stereocenters. The van der Waals surface area contributed by atoms with Gasteiger partial charge in [-0.2, -0.15) is 0 Å². The maximum atomic E-state index is 12.1. The first kappa shape index (κ1) is 19.0. The SMILES string of the molecule is CCn1c(SCC(=O)Nc2ccc(NC(C)=O)cc2)nnc1C(C)C. The molecule has 0 aliphatic heterocycles. The third-order valence-electron chi connectivity index (χ3n) is 3.40. The van der Waals surface area contributed by atoms with Gasteiger partial charge in [0.05, 0.1) is 5.75 Å². The molecule has 2 N–H and O–H groups in total. The summed E-state index contributed by atoms with van der Waals surface area (Å²) in [4.78, 5) is 23.1. The van der Waals surface area contributed by atoms with Gasteiger partial charge in [0.15, 0.2) is 5.16 Å². The predicted molar refractivity (Wildman–Crippen MR) is 99.9 cm³/mol. The first-order valence-corrected chi connectivity index (χ1v) is 9.12. The Bertz CT molecular complexity index is 740. The lowest BCUT2D eigenvalue weighted by Crippen LogP contribution is -2.15. The van der Waals surface area contributed by atoms with Crippen LogP contribution in [0, 0.1) is 0 Å². The number of carbonyl (C=O) groups excluding carboxylic acids is 2. The van der Waals surface area contributed by atoms with Crippen molar-refractivity contribution >= 4 is 35.0 Å². The average molecular weight is 361 g/mol. The maximum absolute atomic E-state index is 12.1. The van der Waals surface area contributed by atoms with E-state index in [4.69, 9.17) is 0 Å². The van der Waals surface area contributed by atoms with Gasteiger partial charge in [0.25, 0.3) is 0 Å². The molecule has 8 heteroatoms. The Balaban J connectivity index is 1.91. The summed E-state index contributed by atoms with van der Waals surface area (Å²) in [5.41, 5.74) is 1.37. The third-order valence-corrected chi connectivity index (χ3v) is 4.37. The molecule has 1 heterocycles. The van der Waals surface area contributed by atoms with Crippen LogP contribution >= 0.6 is 11.8 Å². The minimum absolute atomic E-state index is 0.117. The van der Waals surface area contributed by atoms with Gasteiger partial charge in [0.2, 0.25) is 11.8 Å². The van der Waals surface area contributed by atoms with Crippen molar-refractivity contribution in [2.45, 2.75) is 45.3 Å². The number of hydrogen-bond donors (Lipinski definition) is 2. The lowest BCUT2D eigenvalue weighted by molar-refractivity contribution is -0.114. The highest BCUT2D eigenvalue weighted by molar-refractivity contribution is 7.99. The molecule has 2 aromatic rings. The summed E-state index contributed by atoms with van der Waals surface area (Å²) in [5, 5.41) is 14.7. The lowest BCUT2D eigenvalue weighted by Gasteiger charge is -2.09. The zero-order valence-electron chi connectivity index (χ0n) is 14.9. The molecule has 0 bridgehead atoms. The van der Waals surface area contributed by atoms with Crippen LogP contribution < -0.4 is 10.6 Å². The Labute approximate surface area is 151 Å². The van der Waals surface area contributed by atoms with Crippen LogP contribution in [0.5, 0.6) is 0 Å². The summed E-state index contributed by atoms with van der Waals surface area (Å²) in [6.45, 7) is 8.40. The number of hydrogen-bond acceptors (Lipinski definition) is 5. The van der Waals surface area contributed by atoms with Crippen LogP contribution in [0.1, 0.15) is 39.4 Å². The van der Waals surface area contributed by atoms with E-state index in [0.29, 0.717) is 11.4 Å². The summed E-state index contributed by atoms with van der Waals surface area (Å²) >= 11 is 1.37. The first-order valence-electron chi connectivity index (χ1n) is 8.14. The fraction of sp³-hybridized carbons (Fsp3) is 0.412. The van der Waals surface area contributed by atoms with E-state index in [1.54, 1.807) is 24.3 Å². The third kappa shape index (κ3) is 5.32. The molecule has 7 nitrogen and oxygen atoms in total. The zero-order valence-corrected chi connectivity index (χ0v) is 15.7. The quantitative estimate of drug-likeness (QED) is 0.740. The number of nitrogens with zero attached hydrogens (tertiary/aromatic N) is 3. The Kier molecular flexibility index (Phi) is 6.58. The molecule has 0 spiro atoms. The monoisotopic (exact) mass is 361 g/mol. The molecule has 134 valence electrons. The predicted octanol–water partition coefficient (Wildman–Crippen LogP) is 3.11. The molecule has 2 rings (SSSR count). The summed E-state index contributed by atoms with van der Waals surface area (Å²) in [5.74, 6) is 1.23. The van der Waals surface area contributed by atoms with Gasteiger partial charge in [-0.15, -0.1) is 10.2 Å². The van der Waals surface area contributed by atoms with E-state index < -0.39 is 0 Å². The summed E-state index contributed by atoms with van der Waals surface area (Å²) in [6.07, 6.45) is 0. The normalized spacial score (nSPS) is 10.8. The lowest BCUT2D eigenvalue weighted by atomic mass is 10.2. The highest BCUT2D eigenvalue weighted by Crippen LogP contribution is 2.21. The molecule has 0 fully saturated rings. The van der Waals surface area contributed by atoms with Crippen LogP contribution in [0.15, 0.2) is 29.4 Å². The topological polar surface area (TPSA) is 88.9 Å². The second-order valence-electron chi connectivity index (χ2n) is 5.84. The summed E-state index contributed by atoms with van der Waals surface area (Å²) in [6, 6.07) is 6.98. The number of thioether (sulfide) groups is 1. The molecule has 0 atom stereocenters. The highest BCUT2D eigenvalue weighted by atomic mass is 32.2. The van der Waals surface area contributed by atoms with E-state index in [2.05, 4.69) is 34.7 Å². The van der Waals surface area contributed by atoms with Crippen molar-refractivity contribution in [3.05, 3.63) is 30.1 Å². The molecule has 0 aliphatic carbocycles. The second-order valence-corrected chi connectivity index (χ2v) is 6.78. The second kappa shape index (κ2) is 8.66.